The van der Waals surface area contributed by atoms with Crippen LogP contribution < -0.4 is 0 Å². The van der Waals surface area contributed by atoms with E-state index in [0.29, 0.717) is 0 Å². The van der Waals surface area contributed by atoms with Gasteiger partial charge in [0, 0.05) is 0 Å². The fourth-order valence-corrected chi connectivity index (χ4v) is 0.472. The third-order valence-electron chi connectivity index (χ3n) is 1.16. The predicted molar refractivity (Wildman–Crippen MR) is 51.8 cm³/mol. The molecule has 3 unspecified atom stereocenters. The molecule has 0 aliphatic heterocycles. The normalized spacial score (nSPS) is 16.8. The van der Waals surface area contributed by atoms with Crippen molar-refractivity contribution in [3.63, 3.8) is 0 Å². The van der Waals surface area contributed by atoms with Crippen molar-refractivity contribution in [1.29, 1.82) is 0 Å². The van der Waals surface area contributed by atoms with E-state index in [0.717, 1.165) is 0 Å². The van der Waals surface area contributed by atoms with Crippen LogP contribution in [0.25, 0.3) is 0 Å². The molecule has 12 heavy (non-hydrogen) atoms. The molecule has 74 valence electrons. The molecular formula is C5H17CaO5P. The van der Waals surface area contributed by atoms with Crippen molar-refractivity contribution in [2.24, 2.45) is 0 Å². The van der Waals surface area contributed by atoms with Crippen molar-refractivity contribution in [1.82, 2.24) is 0 Å². The molecule has 0 heterocycles. The van der Waals surface area contributed by atoms with E-state index in [9.17, 15) is 0 Å². The molecule has 0 aliphatic rings. The molecule has 5 nitrogen and oxygen atoms in total. The molecule has 0 aromatic carbocycles. The zero-order valence-corrected chi connectivity index (χ0v) is 7.50. The van der Waals surface area contributed by atoms with E-state index >= 15 is 0 Å². The molecule has 0 aliphatic carbocycles. The Morgan fingerprint density at radius 2 is 1.08 bits per heavy atom. The zero-order chi connectivity index (χ0) is 8.15. The first-order valence-corrected chi connectivity index (χ1v) is 2.89. The standard InChI is InChI=1S/C5H12O5.Ca.H3P.2H/c6-1-3(8)5(10)4(9)2-7;;;;/h3-10H,1-2H2;;1H3;;. The molecule has 0 saturated carbocycles. The minimum absolute atomic E-state index is 0. The van der Waals surface area contributed by atoms with Crippen molar-refractivity contribution in [3.05, 3.63) is 0 Å². The Hall–Kier alpha value is 1.49. The predicted octanol–water partition coefficient (Wildman–Crippen LogP) is -3.80. The summed E-state index contributed by atoms with van der Waals surface area (Å²) in [7, 11) is 0. The van der Waals surface area contributed by atoms with Gasteiger partial charge in [-0.3, -0.25) is 0 Å². The maximum absolute atomic E-state index is 8.77. The molecule has 0 aromatic rings. The fraction of sp³-hybridized carbons (Fsp3) is 1.00. The van der Waals surface area contributed by atoms with Gasteiger partial charge < -0.3 is 25.5 Å². The Bertz CT molecular complexity index is 85.9. The van der Waals surface area contributed by atoms with Crippen molar-refractivity contribution >= 4 is 47.6 Å². The molecule has 0 rings (SSSR count). The van der Waals surface area contributed by atoms with E-state index in [1.54, 1.807) is 0 Å². The second-order valence-electron chi connectivity index (χ2n) is 1.99. The summed E-state index contributed by atoms with van der Waals surface area (Å²) in [5.41, 5.74) is 0. The summed E-state index contributed by atoms with van der Waals surface area (Å²) >= 11 is 0. The van der Waals surface area contributed by atoms with E-state index in [2.05, 4.69) is 0 Å². The number of rotatable bonds is 4. The van der Waals surface area contributed by atoms with Crippen LogP contribution in [0.1, 0.15) is 0 Å². The SMILES string of the molecule is OCC(O)C(O)C(O)CO.P.[CaH2]. The average molecular weight is 228 g/mol. The molecule has 0 amide bonds. The van der Waals surface area contributed by atoms with Crippen molar-refractivity contribution in [2.45, 2.75) is 18.3 Å². The van der Waals surface area contributed by atoms with E-state index < -0.39 is 31.5 Å². The Kier molecular flexibility index (Phi) is 16.8. The summed E-state index contributed by atoms with van der Waals surface area (Å²) in [4.78, 5) is 0. The van der Waals surface area contributed by atoms with Gasteiger partial charge in [-0.15, -0.1) is 0 Å². The summed E-state index contributed by atoms with van der Waals surface area (Å²) in [6.45, 7) is -1.28. The van der Waals surface area contributed by atoms with E-state index in [-0.39, 0.29) is 47.6 Å². The molecular weight excluding hydrogens is 211 g/mol. The first-order chi connectivity index (χ1) is 4.63. The van der Waals surface area contributed by atoms with Crippen LogP contribution >= 0.6 is 9.90 Å². The molecule has 0 spiro atoms. The first-order valence-electron chi connectivity index (χ1n) is 2.89. The van der Waals surface area contributed by atoms with Crippen LogP contribution in [-0.2, 0) is 0 Å². The van der Waals surface area contributed by atoms with Crippen LogP contribution in [-0.4, -0.2) is 94.8 Å². The Morgan fingerprint density at radius 1 is 0.833 bits per heavy atom. The van der Waals surface area contributed by atoms with Gasteiger partial charge in [-0.05, 0) is 0 Å². The third-order valence-corrected chi connectivity index (χ3v) is 1.16. The van der Waals surface area contributed by atoms with Gasteiger partial charge in [-0.1, -0.05) is 0 Å². The van der Waals surface area contributed by atoms with E-state index in [4.69, 9.17) is 25.5 Å². The molecule has 3 atom stereocenters. The minimum atomic E-state index is -1.49. The van der Waals surface area contributed by atoms with Gasteiger partial charge in [0.15, 0.2) is 0 Å². The molecule has 0 radical (unpaired) electrons. The van der Waals surface area contributed by atoms with Crippen LogP contribution in [0.15, 0.2) is 0 Å². The summed E-state index contributed by atoms with van der Waals surface area (Å²) in [5, 5.41) is 42.6. The van der Waals surface area contributed by atoms with Crippen LogP contribution in [0, 0.1) is 0 Å². The van der Waals surface area contributed by atoms with Gasteiger partial charge in [0.2, 0.25) is 0 Å². The topological polar surface area (TPSA) is 101 Å². The number of aliphatic hydroxyl groups is 5. The molecule has 5 N–H and O–H groups in total. The van der Waals surface area contributed by atoms with Gasteiger partial charge in [0.05, 0.1) is 13.2 Å². The van der Waals surface area contributed by atoms with Gasteiger partial charge >= 0.3 is 37.7 Å². The quantitative estimate of drug-likeness (QED) is 0.251. The molecule has 0 saturated heterocycles. The van der Waals surface area contributed by atoms with Gasteiger partial charge in [0.25, 0.3) is 0 Å². The van der Waals surface area contributed by atoms with Crippen molar-refractivity contribution < 1.29 is 25.5 Å². The first kappa shape index (κ1) is 19.1. The number of hydrogen-bond donors (Lipinski definition) is 5. The van der Waals surface area contributed by atoms with E-state index in [1.165, 1.54) is 0 Å². The van der Waals surface area contributed by atoms with Gasteiger partial charge in [-0.25, -0.2) is 0 Å². The average Bonchev–Trinajstić information content (AvgIpc) is 2.00. The molecule has 0 fully saturated rings. The molecule has 0 bridgehead atoms. The Balaban J connectivity index is -0.000000405. The van der Waals surface area contributed by atoms with Crippen molar-refractivity contribution in [3.8, 4) is 0 Å². The Morgan fingerprint density at radius 3 is 1.25 bits per heavy atom. The van der Waals surface area contributed by atoms with Crippen molar-refractivity contribution in [2.75, 3.05) is 13.2 Å². The second kappa shape index (κ2) is 10.6. The van der Waals surface area contributed by atoms with Crippen LogP contribution in [0.2, 0.25) is 0 Å². The maximum atomic E-state index is 8.77. The summed E-state index contributed by atoms with van der Waals surface area (Å²) in [6.07, 6.45) is -4.29. The summed E-state index contributed by atoms with van der Waals surface area (Å²) < 4.78 is 0. The van der Waals surface area contributed by atoms with Crippen LogP contribution in [0.5, 0.6) is 0 Å². The fourth-order valence-electron chi connectivity index (χ4n) is 0.472. The number of aliphatic hydroxyl groups excluding tert-OH is 5. The molecule has 7 heteroatoms. The van der Waals surface area contributed by atoms with Crippen LogP contribution in [0.4, 0.5) is 0 Å². The monoisotopic (exact) mass is 228 g/mol. The van der Waals surface area contributed by atoms with Gasteiger partial charge in [-0.2, -0.15) is 9.90 Å². The van der Waals surface area contributed by atoms with E-state index in [1.807, 2.05) is 0 Å². The zero-order valence-electron chi connectivity index (χ0n) is 6.09. The van der Waals surface area contributed by atoms with Crippen LogP contribution in [0.3, 0.4) is 0 Å². The second-order valence-corrected chi connectivity index (χ2v) is 1.99. The Labute approximate surface area is 104 Å². The molecule has 0 aromatic heterocycles. The van der Waals surface area contributed by atoms with Gasteiger partial charge in [0.1, 0.15) is 18.3 Å². The number of hydrogen-bond acceptors (Lipinski definition) is 5. The third kappa shape index (κ3) is 6.95. The summed E-state index contributed by atoms with van der Waals surface area (Å²) in [5.74, 6) is 0. The summed E-state index contributed by atoms with van der Waals surface area (Å²) in [6, 6.07) is 0.